The van der Waals surface area contributed by atoms with Crippen molar-refractivity contribution in [1.82, 2.24) is 0 Å². The first-order valence-corrected chi connectivity index (χ1v) is 8.98. The van der Waals surface area contributed by atoms with E-state index in [0.29, 0.717) is 6.42 Å². The molecule has 0 unspecified atom stereocenters. The smallest absolute Gasteiger partial charge is 0.305 e. The van der Waals surface area contributed by atoms with E-state index < -0.39 is 10.1 Å². The molecule has 1 saturated heterocycles. The number of ether oxygens (including phenoxy) is 2. The highest BCUT2D eigenvalue weighted by atomic mass is 32.2. The van der Waals surface area contributed by atoms with Crippen LogP contribution in [-0.4, -0.2) is 46.1 Å². The van der Waals surface area contributed by atoms with Crippen LogP contribution in [0.3, 0.4) is 0 Å². The third-order valence-electron chi connectivity index (χ3n) is 3.82. The van der Waals surface area contributed by atoms with Crippen LogP contribution in [0.1, 0.15) is 32.1 Å². The Balaban J connectivity index is 1.71. The average Bonchev–Trinajstić information content (AvgIpc) is 3.09. The number of hydrogen-bond donors (Lipinski definition) is 0. The van der Waals surface area contributed by atoms with E-state index >= 15 is 0 Å². The van der Waals surface area contributed by atoms with Gasteiger partial charge in [0.25, 0.3) is 10.1 Å². The van der Waals surface area contributed by atoms with E-state index in [9.17, 15) is 13.2 Å². The molecule has 2 rings (SSSR count). The molecule has 1 saturated carbocycles. The summed E-state index contributed by atoms with van der Waals surface area (Å²) >= 11 is 0. The number of esters is 1. The molecular weight excluding hydrogens is 296 g/mol. The maximum absolute atomic E-state index is 11.3. The lowest BCUT2D eigenvalue weighted by Gasteiger charge is -2.19. The zero-order chi connectivity index (χ0) is 15.5. The summed E-state index contributed by atoms with van der Waals surface area (Å²) < 4.78 is 37.6. The van der Waals surface area contributed by atoms with Crippen LogP contribution >= 0.6 is 0 Å². The van der Waals surface area contributed by atoms with Crippen LogP contribution in [0.4, 0.5) is 0 Å². The second kappa shape index (κ2) is 6.89. The molecular formula is C14H22O6S. The van der Waals surface area contributed by atoms with Crippen molar-refractivity contribution in [3.8, 4) is 0 Å². The Morgan fingerprint density at radius 1 is 1.38 bits per heavy atom. The van der Waals surface area contributed by atoms with E-state index in [2.05, 4.69) is 4.74 Å². The van der Waals surface area contributed by atoms with Crippen molar-refractivity contribution in [2.45, 2.75) is 50.4 Å². The van der Waals surface area contributed by atoms with Gasteiger partial charge in [0.1, 0.15) is 12.2 Å². The van der Waals surface area contributed by atoms with Crippen LogP contribution in [0.25, 0.3) is 0 Å². The third kappa shape index (κ3) is 5.09. The Labute approximate surface area is 125 Å². The SMILES string of the molecule is COC(=O)CCC/C=C\C[C@@H]1C[C@@H]2O[C@@H]2[C@@H]1OS(C)(=O)=O. The maximum Gasteiger partial charge on any atom is 0.305 e. The van der Waals surface area contributed by atoms with Crippen LogP contribution in [0.5, 0.6) is 0 Å². The minimum absolute atomic E-state index is 0.0579. The molecule has 7 heteroatoms. The fraction of sp³-hybridized carbons (Fsp3) is 0.786. The molecule has 1 heterocycles. The summed E-state index contributed by atoms with van der Waals surface area (Å²) in [6.07, 6.45) is 8.47. The molecule has 2 fully saturated rings. The standard InChI is InChI=1S/C14H22O6S/c1-18-12(15)8-6-4-3-5-7-10-9-11-14(19-11)13(10)20-21(2,16)17/h3,5,10-11,13-14H,4,6-9H2,1-2H3/b5-3-/t10-,11+,13-,14+/m1/s1. The predicted molar refractivity (Wildman–Crippen MR) is 76.1 cm³/mol. The number of unbranched alkanes of at least 4 members (excludes halogenated alkanes) is 1. The van der Waals surface area contributed by atoms with E-state index in [1.54, 1.807) is 0 Å². The maximum atomic E-state index is 11.3. The van der Waals surface area contributed by atoms with E-state index in [1.807, 2.05) is 12.2 Å². The second-order valence-electron chi connectivity index (χ2n) is 5.58. The molecule has 0 aromatic heterocycles. The van der Waals surface area contributed by atoms with Gasteiger partial charge in [-0.25, -0.2) is 0 Å². The first-order chi connectivity index (χ1) is 9.90. The van der Waals surface area contributed by atoms with Gasteiger partial charge in [0.15, 0.2) is 0 Å². The lowest BCUT2D eigenvalue weighted by atomic mass is 10.00. The zero-order valence-electron chi connectivity index (χ0n) is 12.4. The van der Waals surface area contributed by atoms with Gasteiger partial charge in [0.2, 0.25) is 0 Å². The molecule has 0 spiro atoms. The molecule has 0 radical (unpaired) electrons. The van der Waals surface area contributed by atoms with E-state index in [0.717, 1.165) is 31.9 Å². The Hall–Kier alpha value is -0.920. The van der Waals surface area contributed by atoms with Crippen molar-refractivity contribution >= 4 is 16.1 Å². The summed E-state index contributed by atoms with van der Waals surface area (Å²) in [5, 5.41) is 0. The van der Waals surface area contributed by atoms with Gasteiger partial charge in [-0.3, -0.25) is 8.98 Å². The van der Waals surface area contributed by atoms with Gasteiger partial charge in [-0.2, -0.15) is 8.42 Å². The van der Waals surface area contributed by atoms with Crippen molar-refractivity contribution < 1.29 is 26.9 Å². The molecule has 0 amide bonds. The first kappa shape index (κ1) is 16.5. The van der Waals surface area contributed by atoms with Crippen molar-refractivity contribution in [1.29, 1.82) is 0 Å². The number of carbonyl (C=O) groups is 1. The Kier molecular flexibility index (Phi) is 5.40. The first-order valence-electron chi connectivity index (χ1n) is 7.16. The number of carbonyl (C=O) groups excluding carboxylic acids is 1. The van der Waals surface area contributed by atoms with Crippen LogP contribution in [0.2, 0.25) is 0 Å². The summed E-state index contributed by atoms with van der Waals surface area (Å²) in [5.41, 5.74) is 0. The second-order valence-corrected chi connectivity index (χ2v) is 7.18. The van der Waals surface area contributed by atoms with Crippen LogP contribution in [-0.2, 0) is 28.6 Å². The average molecular weight is 318 g/mol. The molecule has 0 bridgehead atoms. The van der Waals surface area contributed by atoms with Gasteiger partial charge in [-0.15, -0.1) is 0 Å². The van der Waals surface area contributed by atoms with Crippen LogP contribution in [0, 0.1) is 5.92 Å². The van der Waals surface area contributed by atoms with Crippen LogP contribution in [0.15, 0.2) is 12.2 Å². The summed E-state index contributed by atoms with van der Waals surface area (Å²) in [4.78, 5) is 10.9. The van der Waals surface area contributed by atoms with Gasteiger partial charge in [-0.05, 0) is 31.6 Å². The minimum Gasteiger partial charge on any atom is -0.469 e. The van der Waals surface area contributed by atoms with Gasteiger partial charge >= 0.3 is 5.97 Å². The number of fused-ring (bicyclic) bond motifs is 1. The monoisotopic (exact) mass is 318 g/mol. The van der Waals surface area contributed by atoms with Gasteiger partial charge in [-0.1, -0.05) is 12.2 Å². The Bertz CT molecular complexity index is 498. The van der Waals surface area contributed by atoms with E-state index in [-0.39, 0.29) is 30.2 Å². The Morgan fingerprint density at radius 3 is 2.81 bits per heavy atom. The summed E-state index contributed by atoms with van der Waals surface area (Å²) in [5.74, 6) is -0.0154. The van der Waals surface area contributed by atoms with Crippen molar-refractivity contribution in [2.24, 2.45) is 5.92 Å². The lowest BCUT2D eigenvalue weighted by molar-refractivity contribution is -0.140. The quantitative estimate of drug-likeness (QED) is 0.221. The fourth-order valence-electron chi connectivity index (χ4n) is 2.76. The molecule has 0 N–H and O–H groups in total. The summed E-state index contributed by atoms with van der Waals surface area (Å²) in [6.45, 7) is 0. The molecule has 4 atom stereocenters. The predicted octanol–water partition coefficient (Wildman–Crippen LogP) is 1.41. The largest absolute Gasteiger partial charge is 0.469 e. The highest BCUT2D eigenvalue weighted by Crippen LogP contribution is 2.46. The topological polar surface area (TPSA) is 82.2 Å². The molecule has 120 valence electrons. The minimum atomic E-state index is -3.45. The zero-order valence-corrected chi connectivity index (χ0v) is 13.2. The normalized spacial score (nSPS) is 31.3. The molecule has 2 aliphatic rings. The molecule has 21 heavy (non-hydrogen) atoms. The molecule has 1 aliphatic carbocycles. The molecule has 1 aliphatic heterocycles. The van der Waals surface area contributed by atoms with Gasteiger partial charge in [0.05, 0.1) is 19.5 Å². The summed E-state index contributed by atoms with van der Waals surface area (Å²) in [6, 6.07) is 0. The fourth-order valence-corrected chi connectivity index (χ4v) is 3.43. The van der Waals surface area contributed by atoms with Gasteiger partial charge in [0, 0.05) is 6.42 Å². The van der Waals surface area contributed by atoms with Crippen LogP contribution < -0.4 is 0 Å². The highest BCUT2D eigenvalue weighted by Gasteiger charge is 2.56. The molecule has 0 aromatic carbocycles. The lowest BCUT2D eigenvalue weighted by Crippen LogP contribution is -2.27. The highest BCUT2D eigenvalue weighted by molar-refractivity contribution is 7.86. The number of epoxide rings is 1. The Morgan fingerprint density at radius 2 is 2.14 bits per heavy atom. The van der Waals surface area contributed by atoms with Crippen molar-refractivity contribution in [3.63, 3.8) is 0 Å². The molecule has 6 nitrogen and oxygen atoms in total. The number of methoxy groups -OCH3 is 1. The molecule has 0 aromatic rings. The number of rotatable bonds is 8. The third-order valence-corrected chi connectivity index (χ3v) is 4.39. The summed E-state index contributed by atoms with van der Waals surface area (Å²) in [7, 11) is -2.07. The van der Waals surface area contributed by atoms with E-state index in [1.165, 1.54) is 7.11 Å². The number of allylic oxidation sites excluding steroid dienone is 2. The van der Waals surface area contributed by atoms with Gasteiger partial charge < -0.3 is 9.47 Å². The van der Waals surface area contributed by atoms with E-state index in [4.69, 9.17) is 8.92 Å². The van der Waals surface area contributed by atoms with Crippen molar-refractivity contribution in [3.05, 3.63) is 12.2 Å². The number of hydrogen-bond acceptors (Lipinski definition) is 6. The van der Waals surface area contributed by atoms with Crippen molar-refractivity contribution in [2.75, 3.05) is 13.4 Å².